The van der Waals surface area contributed by atoms with Crippen LogP contribution in [0.1, 0.15) is 63.0 Å². The van der Waals surface area contributed by atoms with Gasteiger partial charge in [-0.05, 0) is 50.3 Å². The first-order valence-electron chi connectivity index (χ1n) is 8.69. The second kappa shape index (κ2) is 6.53. The van der Waals surface area contributed by atoms with Gasteiger partial charge >= 0.3 is 0 Å². The van der Waals surface area contributed by atoms with Crippen LogP contribution in [0.25, 0.3) is 0 Å². The molecule has 3 heteroatoms. The number of furan rings is 1. The second-order valence-electron chi connectivity index (χ2n) is 7.23. The number of likely N-dealkylation sites (tertiary alicyclic amines) is 1. The van der Waals surface area contributed by atoms with Gasteiger partial charge in [0.15, 0.2) is 0 Å². The van der Waals surface area contributed by atoms with E-state index in [0.29, 0.717) is 6.04 Å². The summed E-state index contributed by atoms with van der Waals surface area (Å²) in [6.45, 7) is 9.62. The Morgan fingerprint density at radius 2 is 2.10 bits per heavy atom. The largest absolute Gasteiger partial charge is 0.463 e. The topological polar surface area (TPSA) is 28.4 Å². The SMILES string of the molecule is Cc1cc(CN2CCC3CCCCC32)oc1CNC(C)C. The molecule has 3 nitrogen and oxygen atoms in total. The summed E-state index contributed by atoms with van der Waals surface area (Å²) in [5.41, 5.74) is 1.29. The number of nitrogens with zero attached hydrogens (tertiary/aromatic N) is 1. The average molecular weight is 290 g/mol. The van der Waals surface area contributed by atoms with Crippen LogP contribution in [0.15, 0.2) is 10.5 Å². The lowest BCUT2D eigenvalue weighted by Crippen LogP contribution is -2.34. The lowest BCUT2D eigenvalue weighted by molar-refractivity contribution is 0.164. The number of nitrogens with one attached hydrogen (secondary N) is 1. The maximum absolute atomic E-state index is 6.10. The summed E-state index contributed by atoms with van der Waals surface area (Å²) in [5.74, 6) is 3.22. The molecule has 2 fully saturated rings. The third-order valence-corrected chi connectivity index (χ3v) is 5.23. The molecule has 0 spiro atoms. The van der Waals surface area contributed by atoms with E-state index in [1.807, 2.05) is 0 Å². The molecule has 1 aromatic rings. The number of hydrogen-bond acceptors (Lipinski definition) is 3. The highest BCUT2D eigenvalue weighted by molar-refractivity contribution is 5.20. The fourth-order valence-electron chi connectivity index (χ4n) is 4.04. The van der Waals surface area contributed by atoms with Crippen molar-refractivity contribution in [3.05, 3.63) is 23.2 Å². The zero-order valence-corrected chi connectivity index (χ0v) is 13.8. The van der Waals surface area contributed by atoms with E-state index >= 15 is 0 Å². The quantitative estimate of drug-likeness (QED) is 0.893. The third-order valence-electron chi connectivity index (χ3n) is 5.23. The van der Waals surface area contributed by atoms with Crippen LogP contribution in [0.4, 0.5) is 0 Å². The maximum Gasteiger partial charge on any atom is 0.120 e. The van der Waals surface area contributed by atoms with E-state index in [1.54, 1.807) is 0 Å². The van der Waals surface area contributed by atoms with Crippen LogP contribution in [0.2, 0.25) is 0 Å². The van der Waals surface area contributed by atoms with Crippen molar-refractivity contribution in [2.45, 2.75) is 78.0 Å². The molecule has 1 aliphatic carbocycles. The van der Waals surface area contributed by atoms with E-state index in [0.717, 1.165) is 36.6 Å². The second-order valence-corrected chi connectivity index (χ2v) is 7.23. The molecule has 0 amide bonds. The Balaban J connectivity index is 1.61. The molecule has 3 rings (SSSR count). The molecule has 1 N–H and O–H groups in total. The third kappa shape index (κ3) is 3.51. The Morgan fingerprint density at radius 1 is 1.29 bits per heavy atom. The summed E-state index contributed by atoms with van der Waals surface area (Å²) < 4.78 is 6.10. The zero-order valence-electron chi connectivity index (χ0n) is 13.8. The summed E-state index contributed by atoms with van der Waals surface area (Å²) in [4.78, 5) is 2.67. The van der Waals surface area contributed by atoms with Gasteiger partial charge < -0.3 is 9.73 Å². The first kappa shape index (κ1) is 15.1. The lowest BCUT2D eigenvalue weighted by atomic mass is 9.85. The van der Waals surface area contributed by atoms with Crippen LogP contribution in [-0.4, -0.2) is 23.5 Å². The van der Waals surface area contributed by atoms with Crippen molar-refractivity contribution >= 4 is 0 Å². The summed E-state index contributed by atoms with van der Waals surface area (Å²) in [7, 11) is 0. The summed E-state index contributed by atoms with van der Waals surface area (Å²) in [6.07, 6.45) is 7.10. The standard InChI is InChI=1S/C18H30N2O/c1-13(2)19-11-18-14(3)10-16(21-18)12-20-9-8-15-6-4-5-7-17(15)20/h10,13,15,17,19H,4-9,11-12H2,1-3H3. The van der Waals surface area contributed by atoms with Crippen molar-refractivity contribution < 1.29 is 4.42 Å². The van der Waals surface area contributed by atoms with Crippen LogP contribution in [0, 0.1) is 12.8 Å². The minimum atomic E-state index is 0.500. The molecule has 1 aromatic heterocycles. The molecule has 2 atom stereocenters. The molecule has 0 bridgehead atoms. The Morgan fingerprint density at radius 3 is 2.90 bits per heavy atom. The van der Waals surface area contributed by atoms with Crippen molar-refractivity contribution in [3.8, 4) is 0 Å². The van der Waals surface area contributed by atoms with Crippen molar-refractivity contribution in [1.82, 2.24) is 10.2 Å². The maximum atomic E-state index is 6.10. The van der Waals surface area contributed by atoms with Crippen molar-refractivity contribution in [1.29, 1.82) is 0 Å². The molecule has 1 saturated carbocycles. The van der Waals surface area contributed by atoms with Gasteiger partial charge in [0.05, 0.1) is 13.1 Å². The van der Waals surface area contributed by atoms with Crippen molar-refractivity contribution in [3.63, 3.8) is 0 Å². The highest BCUT2D eigenvalue weighted by Gasteiger charge is 2.35. The van der Waals surface area contributed by atoms with Gasteiger partial charge in [-0.3, -0.25) is 4.90 Å². The van der Waals surface area contributed by atoms with Crippen LogP contribution < -0.4 is 5.32 Å². The highest BCUT2D eigenvalue weighted by Crippen LogP contribution is 2.37. The van der Waals surface area contributed by atoms with Crippen molar-refractivity contribution in [2.75, 3.05) is 6.54 Å². The monoisotopic (exact) mass is 290 g/mol. The van der Waals surface area contributed by atoms with Crippen LogP contribution in [-0.2, 0) is 13.1 Å². The predicted molar refractivity (Wildman–Crippen MR) is 86.2 cm³/mol. The first-order valence-corrected chi connectivity index (χ1v) is 8.69. The van der Waals surface area contributed by atoms with Gasteiger partial charge in [0, 0.05) is 12.1 Å². The number of aryl methyl sites for hydroxylation is 1. The van der Waals surface area contributed by atoms with E-state index in [-0.39, 0.29) is 0 Å². The molecule has 2 unspecified atom stereocenters. The lowest BCUT2D eigenvalue weighted by Gasteiger charge is -2.31. The molecule has 1 saturated heterocycles. The molecule has 2 aliphatic rings. The Hall–Kier alpha value is -0.800. The molecular weight excluding hydrogens is 260 g/mol. The minimum absolute atomic E-state index is 0.500. The smallest absolute Gasteiger partial charge is 0.120 e. The van der Waals surface area contributed by atoms with Gasteiger partial charge in [-0.2, -0.15) is 0 Å². The van der Waals surface area contributed by atoms with Gasteiger partial charge in [0.25, 0.3) is 0 Å². The van der Waals surface area contributed by atoms with Gasteiger partial charge in [-0.15, -0.1) is 0 Å². The van der Waals surface area contributed by atoms with Gasteiger partial charge in [-0.25, -0.2) is 0 Å². The predicted octanol–water partition coefficient (Wildman–Crippen LogP) is 3.85. The molecule has 0 radical (unpaired) electrons. The van der Waals surface area contributed by atoms with Gasteiger partial charge in [0.1, 0.15) is 11.5 Å². The number of hydrogen-bond donors (Lipinski definition) is 1. The van der Waals surface area contributed by atoms with Crippen molar-refractivity contribution in [2.24, 2.45) is 5.92 Å². The Labute approximate surface area is 129 Å². The summed E-state index contributed by atoms with van der Waals surface area (Å²) in [5, 5.41) is 3.45. The minimum Gasteiger partial charge on any atom is -0.463 e. The van der Waals surface area contributed by atoms with E-state index in [1.165, 1.54) is 44.2 Å². The van der Waals surface area contributed by atoms with Crippen LogP contribution in [0.3, 0.4) is 0 Å². The molecular formula is C18H30N2O. The average Bonchev–Trinajstić information content (AvgIpc) is 3.01. The molecule has 118 valence electrons. The summed E-state index contributed by atoms with van der Waals surface area (Å²) >= 11 is 0. The molecule has 21 heavy (non-hydrogen) atoms. The Kier molecular flexibility index (Phi) is 4.70. The van der Waals surface area contributed by atoms with Gasteiger partial charge in [-0.1, -0.05) is 26.7 Å². The normalized spacial score (nSPS) is 26.5. The fraction of sp³-hybridized carbons (Fsp3) is 0.778. The molecule has 1 aliphatic heterocycles. The fourth-order valence-corrected chi connectivity index (χ4v) is 4.04. The highest BCUT2D eigenvalue weighted by atomic mass is 16.3. The van der Waals surface area contributed by atoms with E-state index in [2.05, 4.69) is 37.1 Å². The van der Waals surface area contributed by atoms with Gasteiger partial charge in [0.2, 0.25) is 0 Å². The van der Waals surface area contributed by atoms with E-state index < -0.39 is 0 Å². The molecule has 0 aromatic carbocycles. The number of rotatable bonds is 5. The Bertz CT molecular complexity index is 466. The van der Waals surface area contributed by atoms with Crippen LogP contribution in [0.5, 0.6) is 0 Å². The van der Waals surface area contributed by atoms with Crippen LogP contribution >= 0.6 is 0 Å². The molecule has 2 heterocycles. The van der Waals surface area contributed by atoms with E-state index in [4.69, 9.17) is 4.42 Å². The summed E-state index contributed by atoms with van der Waals surface area (Å²) in [6, 6.07) is 3.56. The first-order chi connectivity index (χ1) is 10.1. The number of fused-ring (bicyclic) bond motifs is 1. The zero-order chi connectivity index (χ0) is 14.8. The van der Waals surface area contributed by atoms with E-state index in [9.17, 15) is 0 Å².